The number of ether oxygens (including phenoxy) is 1. The summed E-state index contributed by atoms with van der Waals surface area (Å²) in [5.74, 6) is 0.876. The van der Waals surface area contributed by atoms with Crippen LogP contribution in [0.3, 0.4) is 0 Å². The summed E-state index contributed by atoms with van der Waals surface area (Å²) >= 11 is 5.69. The van der Waals surface area contributed by atoms with E-state index in [-0.39, 0.29) is 6.04 Å². The first-order valence-electron chi connectivity index (χ1n) is 5.31. The van der Waals surface area contributed by atoms with Crippen molar-refractivity contribution in [3.63, 3.8) is 0 Å². The molecule has 0 aliphatic carbocycles. The lowest BCUT2D eigenvalue weighted by Crippen LogP contribution is -2.18. The molecule has 0 spiro atoms. The number of nitrogens with two attached hydrogens (primary N) is 1. The summed E-state index contributed by atoms with van der Waals surface area (Å²) in [5.41, 5.74) is 8.01. The van der Waals surface area contributed by atoms with E-state index in [1.165, 1.54) is 0 Å². The van der Waals surface area contributed by atoms with E-state index < -0.39 is 0 Å². The maximum absolute atomic E-state index is 5.80. The predicted molar refractivity (Wildman–Crippen MR) is 69.0 cm³/mol. The standard InChI is InChI=1S/C13H18ClNO/c1-9-5-4-6-12(7-11(3)15)13(9)16-8-10(2)14/h4-6,11H,2,7-8,15H2,1,3H3. The number of aryl methyl sites for hydroxylation is 1. The Kier molecular flexibility index (Phi) is 4.84. The Hall–Kier alpha value is -0.990. The summed E-state index contributed by atoms with van der Waals surface area (Å²) < 4.78 is 5.64. The van der Waals surface area contributed by atoms with Gasteiger partial charge in [-0.15, -0.1) is 0 Å². The van der Waals surface area contributed by atoms with Gasteiger partial charge in [-0.25, -0.2) is 0 Å². The Morgan fingerprint density at radius 2 is 2.25 bits per heavy atom. The maximum Gasteiger partial charge on any atom is 0.126 e. The van der Waals surface area contributed by atoms with Crippen molar-refractivity contribution in [3.8, 4) is 5.75 Å². The zero-order valence-corrected chi connectivity index (χ0v) is 10.6. The van der Waals surface area contributed by atoms with Gasteiger partial charge in [-0.05, 0) is 31.4 Å². The Labute approximate surface area is 102 Å². The summed E-state index contributed by atoms with van der Waals surface area (Å²) in [6.07, 6.45) is 0.797. The van der Waals surface area contributed by atoms with E-state index in [2.05, 4.69) is 6.58 Å². The number of benzene rings is 1. The molecule has 0 bridgehead atoms. The van der Waals surface area contributed by atoms with E-state index in [0.29, 0.717) is 11.6 Å². The van der Waals surface area contributed by atoms with Gasteiger partial charge >= 0.3 is 0 Å². The molecule has 0 aliphatic heterocycles. The van der Waals surface area contributed by atoms with Gasteiger partial charge in [0.1, 0.15) is 12.4 Å². The molecule has 0 aliphatic rings. The molecule has 3 heteroatoms. The van der Waals surface area contributed by atoms with E-state index in [1.54, 1.807) is 0 Å². The number of halogens is 1. The third kappa shape index (κ3) is 3.87. The highest BCUT2D eigenvalue weighted by Gasteiger charge is 2.08. The van der Waals surface area contributed by atoms with Crippen LogP contribution in [0.2, 0.25) is 0 Å². The van der Waals surface area contributed by atoms with Crippen molar-refractivity contribution in [1.82, 2.24) is 0 Å². The minimum absolute atomic E-state index is 0.114. The third-order valence-electron chi connectivity index (χ3n) is 2.21. The van der Waals surface area contributed by atoms with Gasteiger partial charge in [0, 0.05) is 11.1 Å². The second-order valence-corrected chi connectivity index (χ2v) is 4.59. The number of hydrogen-bond acceptors (Lipinski definition) is 2. The quantitative estimate of drug-likeness (QED) is 0.857. The summed E-state index contributed by atoms with van der Waals surface area (Å²) in [7, 11) is 0. The first-order valence-corrected chi connectivity index (χ1v) is 5.68. The average Bonchev–Trinajstić information content (AvgIpc) is 2.15. The lowest BCUT2D eigenvalue weighted by atomic mass is 10.0. The molecule has 0 heterocycles. The van der Waals surface area contributed by atoms with Crippen molar-refractivity contribution in [2.24, 2.45) is 5.73 Å². The van der Waals surface area contributed by atoms with Gasteiger partial charge in [0.2, 0.25) is 0 Å². The Balaban J connectivity index is 2.89. The molecule has 0 fully saturated rings. The van der Waals surface area contributed by atoms with Crippen molar-refractivity contribution in [1.29, 1.82) is 0 Å². The molecule has 1 aromatic rings. The zero-order valence-electron chi connectivity index (χ0n) is 9.79. The van der Waals surface area contributed by atoms with E-state index in [9.17, 15) is 0 Å². The van der Waals surface area contributed by atoms with Crippen LogP contribution in [0, 0.1) is 6.92 Å². The number of hydrogen-bond donors (Lipinski definition) is 1. The largest absolute Gasteiger partial charge is 0.487 e. The molecule has 2 N–H and O–H groups in total. The predicted octanol–water partition coefficient (Wildman–Crippen LogP) is 3.02. The van der Waals surface area contributed by atoms with Gasteiger partial charge < -0.3 is 10.5 Å². The Morgan fingerprint density at radius 3 is 2.81 bits per heavy atom. The zero-order chi connectivity index (χ0) is 12.1. The van der Waals surface area contributed by atoms with Crippen molar-refractivity contribution in [2.75, 3.05) is 6.61 Å². The van der Waals surface area contributed by atoms with Crippen LogP contribution in [0.1, 0.15) is 18.1 Å². The molecule has 1 atom stereocenters. The second-order valence-electron chi connectivity index (χ2n) is 4.05. The SMILES string of the molecule is C=C(Cl)COc1c(C)cccc1CC(C)N. The molecule has 2 nitrogen and oxygen atoms in total. The summed E-state index contributed by atoms with van der Waals surface area (Å²) in [4.78, 5) is 0. The Morgan fingerprint density at radius 1 is 1.56 bits per heavy atom. The number of rotatable bonds is 5. The highest BCUT2D eigenvalue weighted by molar-refractivity contribution is 6.29. The van der Waals surface area contributed by atoms with Crippen LogP contribution in [-0.4, -0.2) is 12.6 Å². The van der Waals surface area contributed by atoms with E-state index in [0.717, 1.165) is 23.3 Å². The van der Waals surface area contributed by atoms with Gasteiger partial charge in [0.05, 0.1) is 0 Å². The first-order chi connectivity index (χ1) is 7.50. The van der Waals surface area contributed by atoms with Crippen molar-refractivity contribution in [2.45, 2.75) is 26.3 Å². The monoisotopic (exact) mass is 239 g/mol. The molecule has 0 saturated carbocycles. The van der Waals surface area contributed by atoms with E-state index in [4.69, 9.17) is 22.1 Å². The van der Waals surface area contributed by atoms with Crippen molar-refractivity contribution in [3.05, 3.63) is 40.9 Å². The topological polar surface area (TPSA) is 35.2 Å². The average molecular weight is 240 g/mol. The van der Waals surface area contributed by atoms with Gasteiger partial charge in [-0.3, -0.25) is 0 Å². The van der Waals surface area contributed by atoms with E-state index >= 15 is 0 Å². The van der Waals surface area contributed by atoms with E-state index in [1.807, 2.05) is 32.0 Å². The minimum Gasteiger partial charge on any atom is -0.487 e. The highest BCUT2D eigenvalue weighted by atomic mass is 35.5. The fourth-order valence-electron chi connectivity index (χ4n) is 1.58. The molecule has 0 aromatic heterocycles. The maximum atomic E-state index is 5.80. The van der Waals surface area contributed by atoms with Crippen molar-refractivity contribution >= 4 is 11.6 Å². The van der Waals surface area contributed by atoms with Crippen molar-refractivity contribution < 1.29 is 4.74 Å². The van der Waals surface area contributed by atoms with Gasteiger partial charge in [0.25, 0.3) is 0 Å². The third-order valence-corrected chi connectivity index (χ3v) is 2.32. The van der Waals surface area contributed by atoms with Crippen LogP contribution in [0.5, 0.6) is 5.75 Å². The van der Waals surface area contributed by atoms with Crippen LogP contribution >= 0.6 is 11.6 Å². The minimum atomic E-state index is 0.114. The van der Waals surface area contributed by atoms with Gasteiger partial charge in [0.15, 0.2) is 0 Å². The van der Waals surface area contributed by atoms with Crippen LogP contribution in [-0.2, 0) is 6.42 Å². The van der Waals surface area contributed by atoms with Gasteiger partial charge in [-0.1, -0.05) is 36.4 Å². The molecule has 0 amide bonds. The van der Waals surface area contributed by atoms with Gasteiger partial charge in [-0.2, -0.15) is 0 Å². The highest BCUT2D eigenvalue weighted by Crippen LogP contribution is 2.25. The smallest absolute Gasteiger partial charge is 0.126 e. The molecule has 0 radical (unpaired) electrons. The van der Waals surface area contributed by atoms with Crippen LogP contribution < -0.4 is 10.5 Å². The lowest BCUT2D eigenvalue weighted by molar-refractivity contribution is 0.352. The molecule has 1 aromatic carbocycles. The lowest BCUT2D eigenvalue weighted by Gasteiger charge is -2.15. The summed E-state index contributed by atoms with van der Waals surface area (Å²) in [6.45, 7) is 7.93. The Bertz CT molecular complexity index is 374. The summed E-state index contributed by atoms with van der Waals surface area (Å²) in [6, 6.07) is 6.16. The molecule has 1 rings (SSSR count). The number of para-hydroxylation sites is 1. The van der Waals surface area contributed by atoms with Crippen LogP contribution in [0.15, 0.2) is 29.8 Å². The molecule has 88 valence electrons. The van der Waals surface area contributed by atoms with Crippen LogP contribution in [0.25, 0.3) is 0 Å². The normalized spacial score (nSPS) is 12.2. The second kappa shape index (κ2) is 5.92. The summed E-state index contributed by atoms with van der Waals surface area (Å²) in [5, 5.41) is 0.495. The first kappa shape index (κ1) is 13.1. The molecular formula is C13H18ClNO. The van der Waals surface area contributed by atoms with Crippen LogP contribution in [0.4, 0.5) is 0 Å². The molecule has 1 unspecified atom stereocenters. The fourth-order valence-corrected chi connectivity index (χ4v) is 1.63. The molecule has 16 heavy (non-hydrogen) atoms. The molecule has 0 saturated heterocycles. The molecular weight excluding hydrogens is 222 g/mol. The fraction of sp³-hybridized carbons (Fsp3) is 0.385.